The fourth-order valence-electron chi connectivity index (χ4n) is 3.73. The smallest absolute Gasteiger partial charge is 0.296 e. The molecule has 0 aliphatic heterocycles. The molecule has 30 heavy (non-hydrogen) atoms. The van der Waals surface area contributed by atoms with Crippen LogP contribution in [0, 0.1) is 6.92 Å². The van der Waals surface area contributed by atoms with E-state index in [2.05, 4.69) is 0 Å². The molecular formula is C23H28O6S. The number of methoxy groups -OCH3 is 2. The minimum absolute atomic E-state index is 0.0188. The molecule has 2 unspecified atom stereocenters. The maximum atomic E-state index is 12.5. The maximum absolute atomic E-state index is 12.5. The van der Waals surface area contributed by atoms with E-state index >= 15 is 0 Å². The highest BCUT2D eigenvalue weighted by Gasteiger charge is 2.34. The Bertz CT molecular complexity index is 997. The highest BCUT2D eigenvalue weighted by atomic mass is 32.2. The quantitative estimate of drug-likeness (QED) is 0.505. The van der Waals surface area contributed by atoms with E-state index in [1.54, 1.807) is 44.6 Å². The van der Waals surface area contributed by atoms with Gasteiger partial charge in [0.15, 0.2) is 11.5 Å². The molecule has 0 saturated heterocycles. The molecular weight excluding hydrogens is 404 g/mol. The van der Waals surface area contributed by atoms with E-state index < -0.39 is 21.6 Å². The van der Waals surface area contributed by atoms with Crippen LogP contribution in [0.15, 0.2) is 59.5 Å². The Kier molecular flexibility index (Phi) is 6.85. The van der Waals surface area contributed by atoms with Crippen molar-refractivity contribution in [2.45, 2.75) is 42.6 Å². The zero-order valence-corrected chi connectivity index (χ0v) is 18.3. The van der Waals surface area contributed by atoms with Crippen LogP contribution in [-0.4, -0.2) is 40.5 Å². The highest BCUT2D eigenvalue weighted by molar-refractivity contribution is 7.86. The van der Waals surface area contributed by atoms with Crippen LogP contribution in [0.5, 0.6) is 11.5 Å². The van der Waals surface area contributed by atoms with Crippen molar-refractivity contribution >= 4 is 10.1 Å². The van der Waals surface area contributed by atoms with Crippen LogP contribution in [-0.2, 0) is 19.7 Å². The van der Waals surface area contributed by atoms with E-state index in [0.717, 1.165) is 11.1 Å². The van der Waals surface area contributed by atoms with Gasteiger partial charge < -0.3 is 14.6 Å². The van der Waals surface area contributed by atoms with Crippen LogP contribution < -0.4 is 9.47 Å². The van der Waals surface area contributed by atoms with Gasteiger partial charge in [-0.15, -0.1) is 0 Å². The number of rotatable bonds is 8. The Hall–Kier alpha value is -2.35. The van der Waals surface area contributed by atoms with E-state index in [4.69, 9.17) is 13.7 Å². The SMILES string of the molecule is COc1ccc(C2(CCOS(=O)(=O)c3ccc(C)cc3)C=CC(O)CC2)cc1OC. The van der Waals surface area contributed by atoms with Crippen molar-refractivity contribution < 1.29 is 27.2 Å². The molecule has 0 bridgehead atoms. The number of aryl methyl sites for hydroxylation is 1. The molecule has 1 aliphatic rings. The third-order valence-corrected chi connectivity index (χ3v) is 6.90. The summed E-state index contributed by atoms with van der Waals surface area (Å²) in [6, 6.07) is 12.3. The predicted molar refractivity (Wildman–Crippen MR) is 115 cm³/mol. The molecule has 0 fully saturated rings. The van der Waals surface area contributed by atoms with Gasteiger partial charge in [0.25, 0.3) is 10.1 Å². The number of aliphatic hydroxyl groups is 1. The lowest BCUT2D eigenvalue weighted by Crippen LogP contribution is -2.31. The van der Waals surface area contributed by atoms with Crippen LogP contribution in [0.4, 0.5) is 0 Å². The van der Waals surface area contributed by atoms with Crippen molar-refractivity contribution in [3.8, 4) is 11.5 Å². The number of hydrogen-bond donors (Lipinski definition) is 1. The van der Waals surface area contributed by atoms with Crippen molar-refractivity contribution in [1.82, 2.24) is 0 Å². The molecule has 0 amide bonds. The van der Waals surface area contributed by atoms with Gasteiger partial charge in [-0.3, -0.25) is 4.18 Å². The number of ether oxygens (including phenoxy) is 2. The molecule has 1 aliphatic carbocycles. The Morgan fingerprint density at radius 1 is 1.07 bits per heavy atom. The summed E-state index contributed by atoms with van der Waals surface area (Å²) in [6.45, 7) is 1.92. The van der Waals surface area contributed by atoms with Crippen LogP contribution in [0.2, 0.25) is 0 Å². The van der Waals surface area contributed by atoms with E-state index in [1.807, 2.05) is 31.2 Å². The average molecular weight is 433 g/mol. The lowest BCUT2D eigenvalue weighted by molar-refractivity contribution is 0.178. The first kappa shape index (κ1) is 22.3. The van der Waals surface area contributed by atoms with Crippen molar-refractivity contribution in [1.29, 1.82) is 0 Å². The van der Waals surface area contributed by atoms with Crippen LogP contribution in [0.1, 0.15) is 30.4 Å². The average Bonchev–Trinajstić information content (AvgIpc) is 2.75. The summed E-state index contributed by atoms with van der Waals surface area (Å²) in [5.41, 5.74) is 1.47. The number of allylic oxidation sites excluding steroid dienone is 1. The van der Waals surface area contributed by atoms with Gasteiger partial charge in [0.05, 0.1) is 31.8 Å². The molecule has 2 aromatic carbocycles. The van der Waals surface area contributed by atoms with Crippen LogP contribution in [0.3, 0.4) is 0 Å². The first-order valence-electron chi connectivity index (χ1n) is 9.86. The molecule has 0 heterocycles. The van der Waals surface area contributed by atoms with E-state index in [1.165, 1.54) is 0 Å². The second-order valence-corrected chi connectivity index (χ2v) is 9.15. The summed E-state index contributed by atoms with van der Waals surface area (Å²) in [4.78, 5) is 0.142. The Balaban J connectivity index is 1.83. The summed E-state index contributed by atoms with van der Waals surface area (Å²) in [5.74, 6) is 1.22. The van der Waals surface area contributed by atoms with Gasteiger partial charge in [0, 0.05) is 5.41 Å². The Labute approximate surface area is 178 Å². The number of aliphatic hydroxyl groups excluding tert-OH is 1. The minimum atomic E-state index is -3.84. The fraction of sp³-hybridized carbons (Fsp3) is 0.391. The van der Waals surface area contributed by atoms with E-state index in [-0.39, 0.29) is 11.5 Å². The van der Waals surface area contributed by atoms with Gasteiger partial charge in [0.1, 0.15) is 0 Å². The molecule has 3 rings (SSSR count). The molecule has 162 valence electrons. The van der Waals surface area contributed by atoms with E-state index in [0.29, 0.717) is 30.8 Å². The summed E-state index contributed by atoms with van der Waals surface area (Å²) in [5, 5.41) is 9.94. The Morgan fingerprint density at radius 2 is 1.77 bits per heavy atom. The molecule has 6 nitrogen and oxygen atoms in total. The molecule has 2 atom stereocenters. The molecule has 0 spiro atoms. The van der Waals surface area contributed by atoms with Crippen molar-refractivity contribution in [2.24, 2.45) is 0 Å². The third kappa shape index (κ3) is 4.86. The van der Waals surface area contributed by atoms with Crippen molar-refractivity contribution in [3.05, 3.63) is 65.7 Å². The molecule has 0 aromatic heterocycles. The topological polar surface area (TPSA) is 82.1 Å². The fourth-order valence-corrected chi connectivity index (χ4v) is 4.63. The van der Waals surface area contributed by atoms with Gasteiger partial charge in [-0.2, -0.15) is 8.42 Å². The monoisotopic (exact) mass is 432 g/mol. The second kappa shape index (κ2) is 9.20. The van der Waals surface area contributed by atoms with Gasteiger partial charge in [-0.25, -0.2) is 0 Å². The van der Waals surface area contributed by atoms with Gasteiger partial charge in [0.2, 0.25) is 0 Å². The largest absolute Gasteiger partial charge is 0.493 e. The highest BCUT2D eigenvalue weighted by Crippen LogP contribution is 2.41. The standard InChI is InChI=1S/C23H28O6S/c1-17-4-7-20(8-5-17)30(25,26)29-15-14-23(12-10-19(24)11-13-23)18-6-9-21(27-2)22(16-18)28-3/h4-10,12,16,19,24H,11,13-15H2,1-3H3. The minimum Gasteiger partial charge on any atom is -0.493 e. The van der Waals surface area contributed by atoms with E-state index in [9.17, 15) is 13.5 Å². The molecule has 0 radical (unpaired) electrons. The zero-order valence-electron chi connectivity index (χ0n) is 17.5. The van der Waals surface area contributed by atoms with Crippen LogP contribution in [0.25, 0.3) is 0 Å². The lowest BCUT2D eigenvalue weighted by atomic mass is 9.71. The number of benzene rings is 2. The molecule has 1 N–H and O–H groups in total. The first-order chi connectivity index (χ1) is 14.3. The van der Waals surface area contributed by atoms with Gasteiger partial charge in [-0.1, -0.05) is 35.9 Å². The second-order valence-electron chi connectivity index (χ2n) is 7.53. The lowest BCUT2D eigenvalue weighted by Gasteiger charge is -2.35. The summed E-state index contributed by atoms with van der Waals surface area (Å²) in [7, 11) is -0.686. The molecule has 0 saturated carbocycles. The third-order valence-electron chi connectivity index (χ3n) is 5.58. The first-order valence-corrected chi connectivity index (χ1v) is 11.3. The number of hydrogen-bond acceptors (Lipinski definition) is 6. The normalized spacial score (nSPS) is 21.4. The van der Waals surface area contributed by atoms with Crippen molar-refractivity contribution in [2.75, 3.05) is 20.8 Å². The summed E-state index contributed by atoms with van der Waals surface area (Å²) in [6.07, 6.45) is 4.88. The predicted octanol–water partition coefficient (Wildman–Crippen LogP) is 3.76. The molecule has 7 heteroatoms. The zero-order chi connectivity index (χ0) is 21.8. The van der Waals surface area contributed by atoms with Gasteiger partial charge >= 0.3 is 0 Å². The summed E-state index contributed by atoms with van der Waals surface area (Å²) >= 11 is 0. The van der Waals surface area contributed by atoms with Gasteiger partial charge in [-0.05, 0) is 56.0 Å². The van der Waals surface area contributed by atoms with Crippen LogP contribution >= 0.6 is 0 Å². The maximum Gasteiger partial charge on any atom is 0.296 e. The Morgan fingerprint density at radius 3 is 2.37 bits per heavy atom. The summed E-state index contributed by atoms with van der Waals surface area (Å²) < 4.78 is 41.2. The van der Waals surface area contributed by atoms with Crippen molar-refractivity contribution in [3.63, 3.8) is 0 Å². The molecule has 2 aromatic rings.